The second-order valence-electron chi connectivity index (χ2n) is 3.73. The molecule has 4 nitrogen and oxygen atoms in total. The summed E-state index contributed by atoms with van der Waals surface area (Å²) in [7, 11) is 2.84. The van der Waals surface area contributed by atoms with Gasteiger partial charge in [-0.25, -0.2) is 4.79 Å². The molecule has 0 heterocycles. The first kappa shape index (κ1) is 12.1. The van der Waals surface area contributed by atoms with Gasteiger partial charge in [-0.15, -0.1) is 0 Å². The Hall–Kier alpha value is -2.36. The third-order valence-electron chi connectivity index (χ3n) is 2.78. The van der Waals surface area contributed by atoms with Crippen LogP contribution in [-0.2, 0) is 4.74 Å². The SMILES string of the molecule is COC(=O)c1ccc2c(C=O)c(OC)ccc2c1. The van der Waals surface area contributed by atoms with Crippen molar-refractivity contribution in [3.63, 3.8) is 0 Å². The standard InChI is InChI=1S/C14H12O4/c1-17-13-6-4-9-7-10(14(16)18-2)3-5-11(9)12(13)8-15/h3-8H,1-2H3. The van der Waals surface area contributed by atoms with Gasteiger partial charge in [0.2, 0.25) is 0 Å². The van der Waals surface area contributed by atoms with Gasteiger partial charge in [0.15, 0.2) is 6.29 Å². The highest BCUT2D eigenvalue weighted by atomic mass is 16.5. The molecular weight excluding hydrogens is 232 g/mol. The molecule has 0 aliphatic rings. The first-order valence-electron chi connectivity index (χ1n) is 5.35. The Kier molecular flexibility index (Phi) is 3.28. The second-order valence-corrected chi connectivity index (χ2v) is 3.73. The van der Waals surface area contributed by atoms with E-state index in [0.717, 1.165) is 17.1 Å². The molecule has 2 aromatic carbocycles. The molecule has 2 aromatic rings. The summed E-state index contributed by atoms with van der Waals surface area (Å²) in [4.78, 5) is 22.5. The Morgan fingerprint density at radius 1 is 1.17 bits per heavy atom. The first-order valence-corrected chi connectivity index (χ1v) is 5.35. The van der Waals surface area contributed by atoms with Crippen molar-refractivity contribution in [2.45, 2.75) is 0 Å². The molecule has 0 saturated carbocycles. The van der Waals surface area contributed by atoms with Gasteiger partial charge in [-0.05, 0) is 29.0 Å². The van der Waals surface area contributed by atoms with E-state index >= 15 is 0 Å². The minimum Gasteiger partial charge on any atom is -0.496 e. The van der Waals surface area contributed by atoms with Crippen LogP contribution in [0.5, 0.6) is 5.75 Å². The predicted molar refractivity (Wildman–Crippen MR) is 67.2 cm³/mol. The monoisotopic (exact) mass is 244 g/mol. The summed E-state index contributed by atoms with van der Waals surface area (Å²) in [5, 5.41) is 1.54. The molecule has 0 fully saturated rings. The smallest absolute Gasteiger partial charge is 0.337 e. The molecular formula is C14H12O4. The lowest BCUT2D eigenvalue weighted by Gasteiger charge is -2.08. The maximum atomic E-state index is 11.4. The van der Waals surface area contributed by atoms with Gasteiger partial charge in [0, 0.05) is 0 Å². The van der Waals surface area contributed by atoms with Gasteiger partial charge in [0.1, 0.15) is 5.75 Å². The van der Waals surface area contributed by atoms with Crippen LogP contribution in [0.2, 0.25) is 0 Å². The summed E-state index contributed by atoms with van der Waals surface area (Å²) in [6.45, 7) is 0. The van der Waals surface area contributed by atoms with Gasteiger partial charge >= 0.3 is 5.97 Å². The van der Waals surface area contributed by atoms with E-state index in [2.05, 4.69) is 4.74 Å². The second kappa shape index (κ2) is 4.87. The van der Waals surface area contributed by atoms with Crippen molar-refractivity contribution in [2.24, 2.45) is 0 Å². The zero-order chi connectivity index (χ0) is 13.1. The number of hydrogen-bond donors (Lipinski definition) is 0. The van der Waals surface area contributed by atoms with Crippen molar-refractivity contribution >= 4 is 23.0 Å². The molecule has 0 atom stereocenters. The average molecular weight is 244 g/mol. The Labute approximate surface area is 104 Å². The van der Waals surface area contributed by atoms with E-state index in [0.29, 0.717) is 16.9 Å². The number of carbonyl (C=O) groups excluding carboxylic acids is 2. The van der Waals surface area contributed by atoms with Gasteiger partial charge in [-0.3, -0.25) is 4.79 Å². The minimum atomic E-state index is -0.402. The molecule has 2 rings (SSSR count). The Balaban J connectivity index is 2.67. The quantitative estimate of drug-likeness (QED) is 0.614. The number of methoxy groups -OCH3 is 2. The molecule has 0 aliphatic carbocycles. The van der Waals surface area contributed by atoms with Crippen molar-refractivity contribution in [3.8, 4) is 5.75 Å². The third-order valence-corrected chi connectivity index (χ3v) is 2.78. The summed E-state index contributed by atoms with van der Waals surface area (Å²) in [6.07, 6.45) is 0.749. The van der Waals surface area contributed by atoms with Crippen molar-refractivity contribution in [3.05, 3.63) is 41.5 Å². The van der Waals surface area contributed by atoms with Crippen LogP contribution in [-0.4, -0.2) is 26.5 Å². The zero-order valence-corrected chi connectivity index (χ0v) is 10.1. The molecule has 0 aliphatic heterocycles. The maximum Gasteiger partial charge on any atom is 0.337 e. The van der Waals surface area contributed by atoms with Gasteiger partial charge < -0.3 is 9.47 Å². The van der Waals surface area contributed by atoms with E-state index < -0.39 is 5.97 Å². The number of ether oxygens (including phenoxy) is 2. The van der Waals surface area contributed by atoms with Gasteiger partial charge in [0.25, 0.3) is 0 Å². The van der Waals surface area contributed by atoms with Crippen LogP contribution in [0.3, 0.4) is 0 Å². The maximum absolute atomic E-state index is 11.4. The summed E-state index contributed by atoms with van der Waals surface area (Å²) in [5.41, 5.74) is 0.929. The van der Waals surface area contributed by atoms with E-state index in [1.807, 2.05) is 0 Å². The van der Waals surface area contributed by atoms with E-state index in [9.17, 15) is 9.59 Å². The van der Waals surface area contributed by atoms with Crippen LogP contribution >= 0.6 is 0 Å². The van der Waals surface area contributed by atoms with Gasteiger partial charge in [-0.1, -0.05) is 12.1 Å². The van der Waals surface area contributed by atoms with Crippen molar-refractivity contribution < 1.29 is 19.1 Å². The van der Waals surface area contributed by atoms with Gasteiger partial charge in [0.05, 0.1) is 25.3 Å². The van der Waals surface area contributed by atoms with Crippen LogP contribution in [0.4, 0.5) is 0 Å². The molecule has 0 aromatic heterocycles. The first-order chi connectivity index (χ1) is 8.71. The van der Waals surface area contributed by atoms with E-state index in [1.54, 1.807) is 30.3 Å². The van der Waals surface area contributed by atoms with Gasteiger partial charge in [-0.2, -0.15) is 0 Å². The summed E-state index contributed by atoms with van der Waals surface area (Å²) in [6, 6.07) is 8.53. The Morgan fingerprint density at radius 2 is 1.94 bits per heavy atom. The number of rotatable bonds is 3. The summed E-state index contributed by atoms with van der Waals surface area (Å²) in [5.74, 6) is 0.115. The third kappa shape index (κ3) is 1.93. The lowest BCUT2D eigenvalue weighted by Crippen LogP contribution is -2.01. The van der Waals surface area contributed by atoms with Crippen LogP contribution < -0.4 is 4.74 Å². The minimum absolute atomic E-state index is 0.402. The molecule has 92 valence electrons. The summed E-state index contributed by atoms with van der Waals surface area (Å²) < 4.78 is 9.77. The van der Waals surface area contributed by atoms with E-state index in [4.69, 9.17) is 4.74 Å². The number of benzene rings is 2. The molecule has 0 radical (unpaired) electrons. The van der Waals surface area contributed by atoms with Crippen LogP contribution in [0.1, 0.15) is 20.7 Å². The molecule has 0 N–H and O–H groups in total. The fraction of sp³-hybridized carbons (Fsp3) is 0.143. The Bertz CT molecular complexity index is 616. The highest BCUT2D eigenvalue weighted by Gasteiger charge is 2.10. The fourth-order valence-electron chi connectivity index (χ4n) is 1.88. The number of esters is 1. The summed E-state index contributed by atoms with van der Waals surface area (Å²) >= 11 is 0. The number of aldehydes is 1. The highest BCUT2D eigenvalue weighted by molar-refractivity contribution is 6.03. The molecule has 0 bridgehead atoms. The zero-order valence-electron chi connectivity index (χ0n) is 10.1. The van der Waals surface area contributed by atoms with Crippen molar-refractivity contribution in [1.82, 2.24) is 0 Å². The molecule has 0 spiro atoms. The topological polar surface area (TPSA) is 52.6 Å². The Morgan fingerprint density at radius 3 is 2.56 bits per heavy atom. The molecule has 4 heteroatoms. The van der Waals surface area contributed by atoms with E-state index in [1.165, 1.54) is 14.2 Å². The van der Waals surface area contributed by atoms with Crippen molar-refractivity contribution in [1.29, 1.82) is 0 Å². The largest absolute Gasteiger partial charge is 0.496 e. The van der Waals surface area contributed by atoms with E-state index in [-0.39, 0.29) is 0 Å². The lowest BCUT2D eigenvalue weighted by molar-refractivity contribution is 0.0601. The predicted octanol–water partition coefficient (Wildman–Crippen LogP) is 2.45. The molecule has 0 saturated heterocycles. The number of hydrogen-bond acceptors (Lipinski definition) is 4. The lowest BCUT2D eigenvalue weighted by atomic mass is 10.0. The van der Waals surface area contributed by atoms with Crippen molar-refractivity contribution in [2.75, 3.05) is 14.2 Å². The molecule has 18 heavy (non-hydrogen) atoms. The molecule has 0 amide bonds. The number of carbonyl (C=O) groups is 2. The normalized spacial score (nSPS) is 10.1. The number of fused-ring (bicyclic) bond motifs is 1. The van der Waals surface area contributed by atoms with Crippen LogP contribution in [0.25, 0.3) is 10.8 Å². The van der Waals surface area contributed by atoms with Crippen LogP contribution in [0, 0.1) is 0 Å². The van der Waals surface area contributed by atoms with Crippen LogP contribution in [0.15, 0.2) is 30.3 Å². The highest BCUT2D eigenvalue weighted by Crippen LogP contribution is 2.27. The fourth-order valence-corrected chi connectivity index (χ4v) is 1.88. The average Bonchev–Trinajstić information content (AvgIpc) is 2.44. The molecule has 0 unspecified atom stereocenters.